The zero-order valence-electron chi connectivity index (χ0n) is 14.4. The number of halogens is 2. The molecular weight excluding hydrogens is 413 g/mol. The van der Waals surface area contributed by atoms with Crippen LogP contribution in [-0.2, 0) is 21.4 Å². The summed E-state index contributed by atoms with van der Waals surface area (Å²) in [4.78, 5) is 13.9. The minimum Gasteiger partial charge on any atom is -0.467 e. The quantitative estimate of drug-likeness (QED) is 0.757. The molecule has 3 rings (SSSR count). The molecule has 0 spiro atoms. The average molecular weight is 432 g/mol. The second-order valence-electron chi connectivity index (χ2n) is 6.09. The van der Waals surface area contributed by atoms with Crippen LogP contribution in [0.5, 0.6) is 0 Å². The van der Waals surface area contributed by atoms with Gasteiger partial charge in [-0.25, -0.2) is 8.42 Å². The van der Waals surface area contributed by atoms with Crippen molar-refractivity contribution in [3.8, 4) is 0 Å². The van der Waals surface area contributed by atoms with E-state index < -0.39 is 10.0 Å². The largest absolute Gasteiger partial charge is 0.467 e. The number of hydrogen-bond acceptors (Lipinski definition) is 5. The van der Waals surface area contributed by atoms with E-state index in [2.05, 4.69) is 5.32 Å². The van der Waals surface area contributed by atoms with Gasteiger partial charge in [-0.3, -0.25) is 9.69 Å². The molecule has 2 aromatic rings. The highest BCUT2D eigenvalue weighted by Crippen LogP contribution is 2.31. The molecule has 0 bridgehead atoms. The normalized spacial score (nSPS) is 16.4. The van der Waals surface area contributed by atoms with E-state index in [0.29, 0.717) is 25.4 Å². The van der Waals surface area contributed by atoms with E-state index in [-0.39, 0.29) is 40.5 Å². The summed E-state index contributed by atoms with van der Waals surface area (Å²) in [6.07, 6.45) is 1.55. The standard InChI is InChI=1S/C17H19Cl2N3O4S/c18-14-4-1-5-15(17(14)19)27(24,25)22-8-6-21(7-9-22)12-16(23)20-11-13-3-2-10-26-13/h1-5,10H,6-9,11-12H2,(H,20,23). The molecule has 1 aromatic carbocycles. The summed E-state index contributed by atoms with van der Waals surface area (Å²) in [7, 11) is -3.73. The van der Waals surface area contributed by atoms with Crippen LogP contribution in [-0.4, -0.2) is 56.3 Å². The SMILES string of the molecule is O=C(CN1CCN(S(=O)(=O)c2cccc(Cl)c2Cl)CC1)NCc1ccco1. The Hall–Kier alpha value is -1.58. The van der Waals surface area contributed by atoms with E-state index in [1.807, 2.05) is 4.90 Å². The molecule has 27 heavy (non-hydrogen) atoms. The highest BCUT2D eigenvalue weighted by Gasteiger charge is 2.31. The van der Waals surface area contributed by atoms with Gasteiger partial charge in [0.15, 0.2) is 0 Å². The summed E-state index contributed by atoms with van der Waals surface area (Å²) in [6.45, 7) is 1.98. The van der Waals surface area contributed by atoms with Crippen molar-refractivity contribution in [3.05, 3.63) is 52.4 Å². The van der Waals surface area contributed by atoms with Crippen molar-refractivity contribution in [2.24, 2.45) is 0 Å². The molecule has 0 unspecified atom stereocenters. The number of carbonyl (C=O) groups is 1. The van der Waals surface area contributed by atoms with Gasteiger partial charge in [0.1, 0.15) is 10.7 Å². The van der Waals surface area contributed by atoms with Gasteiger partial charge in [0.05, 0.1) is 29.4 Å². The van der Waals surface area contributed by atoms with Crippen molar-refractivity contribution >= 4 is 39.1 Å². The third-order valence-corrected chi connectivity index (χ3v) is 7.14. The Morgan fingerprint density at radius 3 is 2.52 bits per heavy atom. The summed E-state index contributed by atoms with van der Waals surface area (Å²) < 4.78 is 32.1. The van der Waals surface area contributed by atoms with Crippen LogP contribution in [0.25, 0.3) is 0 Å². The van der Waals surface area contributed by atoms with Crippen molar-refractivity contribution in [2.45, 2.75) is 11.4 Å². The minimum atomic E-state index is -3.73. The molecule has 146 valence electrons. The van der Waals surface area contributed by atoms with Gasteiger partial charge >= 0.3 is 0 Å². The first-order valence-corrected chi connectivity index (χ1v) is 10.5. The maximum absolute atomic E-state index is 12.8. The van der Waals surface area contributed by atoms with Crippen LogP contribution in [0, 0.1) is 0 Å². The smallest absolute Gasteiger partial charge is 0.244 e. The van der Waals surface area contributed by atoms with Crippen molar-refractivity contribution < 1.29 is 17.6 Å². The number of rotatable bonds is 6. The fourth-order valence-corrected chi connectivity index (χ4v) is 4.97. The topological polar surface area (TPSA) is 82.9 Å². The molecule has 0 saturated carbocycles. The van der Waals surface area contributed by atoms with Crippen molar-refractivity contribution in [1.82, 2.24) is 14.5 Å². The van der Waals surface area contributed by atoms with Gasteiger partial charge in [-0.05, 0) is 24.3 Å². The summed E-state index contributed by atoms with van der Waals surface area (Å²) in [5, 5.41) is 3.00. The monoisotopic (exact) mass is 431 g/mol. The summed E-state index contributed by atoms with van der Waals surface area (Å²) in [5.74, 6) is 0.540. The summed E-state index contributed by atoms with van der Waals surface area (Å²) >= 11 is 12.0. The van der Waals surface area contributed by atoms with Crippen molar-refractivity contribution in [2.75, 3.05) is 32.7 Å². The number of furan rings is 1. The molecule has 1 aromatic heterocycles. The second-order valence-corrected chi connectivity index (χ2v) is 8.78. The highest BCUT2D eigenvalue weighted by molar-refractivity contribution is 7.89. The van der Waals surface area contributed by atoms with Crippen LogP contribution in [0.3, 0.4) is 0 Å². The molecule has 1 saturated heterocycles. The van der Waals surface area contributed by atoms with Gasteiger partial charge < -0.3 is 9.73 Å². The fourth-order valence-electron chi connectivity index (χ4n) is 2.81. The van der Waals surface area contributed by atoms with E-state index in [1.165, 1.54) is 10.4 Å². The maximum Gasteiger partial charge on any atom is 0.244 e. The number of piperazine rings is 1. The molecule has 1 fully saturated rings. The van der Waals surface area contributed by atoms with Gasteiger partial charge in [-0.15, -0.1) is 0 Å². The van der Waals surface area contributed by atoms with Crippen LogP contribution in [0.1, 0.15) is 5.76 Å². The lowest BCUT2D eigenvalue weighted by molar-refractivity contribution is -0.122. The van der Waals surface area contributed by atoms with Crippen LogP contribution >= 0.6 is 23.2 Å². The average Bonchev–Trinajstić information content (AvgIpc) is 3.16. The lowest BCUT2D eigenvalue weighted by Gasteiger charge is -2.33. The van der Waals surface area contributed by atoms with Gasteiger partial charge in [-0.1, -0.05) is 29.3 Å². The Labute approximate surface area is 167 Å². The molecule has 7 nitrogen and oxygen atoms in total. The van der Waals surface area contributed by atoms with Gasteiger partial charge in [0.2, 0.25) is 15.9 Å². The van der Waals surface area contributed by atoms with E-state index in [4.69, 9.17) is 27.6 Å². The summed E-state index contributed by atoms with van der Waals surface area (Å²) in [6, 6.07) is 8.08. The number of benzene rings is 1. The van der Waals surface area contributed by atoms with Crippen LogP contribution in [0.2, 0.25) is 10.0 Å². The summed E-state index contributed by atoms with van der Waals surface area (Å²) in [5.41, 5.74) is 0. The highest BCUT2D eigenvalue weighted by atomic mass is 35.5. The number of nitrogens with one attached hydrogen (secondary N) is 1. The third-order valence-electron chi connectivity index (χ3n) is 4.27. The molecule has 1 N–H and O–H groups in total. The van der Waals surface area contributed by atoms with E-state index in [0.717, 1.165) is 0 Å². The minimum absolute atomic E-state index is 0.00121. The Morgan fingerprint density at radius 1 is 1.11 bits per heavy atom. The van der Waals surface area contributed by atoms with Crippen LogP contribution < -0.4 is 5.32 Å². The Balaban J connectivity index is 1.53. The Bertz CT molecular complexity index is 895. The number of nitrogens with zero attached hydrogens (tertiary/aromatic N) is 2. The number of carbonyl (C=O) groups excluding carboxylic acids is 1. The first kappa shape index (κ1) is 20.2. The second kappa shape index (κ2) is 8.62. The number of amides is 1. The number of hydrogen-bond donors (Lipinski definition) is 1. The van der Waals surface area contributed by atoms with Gasteiger partial charge in [0, 0.05) is 26.2 Å². The first-order chi connectivity index (χ1) is 12.9. The lowest BCUT2D eigenvalue weighted by Crippen LogP contribution is -2.51. The van der Waals surface area contributed by atoms with E-state index in [1.54, 1.807) is 30.5 Å². The maximum atomic E-state index is 12.8. The first-order valence-electron chi connectivity index (χ1n) is 8.33. The van der Waals surface area contributed by atoms with Gasteiger partial charge in [-0.2, -0.15) is 4.31 Å². The lowest BCUT2D eigenvalue weighted by atomic mass is 10.3. The molecule has 1 amide bonds. The van der Waals surface area contributed by atoms with Crippen molar-refractivity contribution in [1.29, 1.82) is 0 Å². The molecule has 0 radical (unpaired) electrons. The van der Waals surface area contributed by atoms with Crippen LogP contribution in [0.4, 0.5) is 0 Å². The molecule has 1 aliphatic rings. The third kappa shape index (κ3) is 4.83. The molecule has 1 aliphatic heterocycles. The molecule has 0 atom stereocenters. The molecule has 2 heterocycles. The Morgan fingerprint density at radius 2 is 1.85 bits per heavy atom. The molecule has 0 aliphatic carbocycles. The molecular formula is C17H19Cl2N3O4S. The van der Waals surface area contributed by atoms with Crippen molar-refractivity contribution in [3.63, 3.8) is 0 Å². The fraction of sp³-hybridized carbons (Fsp3) is 0.353. The zero-order chi connectivity index (χ0) is 19.4. The Kier molecular flexibility index (Phi) is 6.44. The van der Waals surface area contributed by atoms with E-state index in [9.17, 15) is 13.2 Å². The van der Waals surface area contributed by atoms with E-state index >= 15 is 0 Å². The zero-order valence-corrected chi connectivity index (χ0v) is 16.7. The number of sulfonamides is 1. The van der Waals surface area contributed by atoms with Gasteiger partial charge in [0.25, 0.3) is 0 Å². The predicted molar refractivity (Wildman–Crippen MR) is 102 cm³/mol. The molecule has 10 heteroatoms. The predicted octanol–water partition coefficient (Wildman–Crippen LogP) is 2.21. The van der Waals surface area contributed by atoms with Crippen LogP contribution in [0.15, 0.2) is 45.9 Å².